The number of hydrogen-bond acceptors (Lipinski definition) is 4. The summed E-state index contributed by atoms with van der Waals surface area (Å²) in [6.07, 6.45) is 2.47. The van der Waals surface area contributed by atoms with Gasteiger partial charge in [-0.1, -0.05) is 0 Å². The number of hydrogen-bond donors (Lipinski definition) is 1. The number of likely N-dealkylation sites (N-methyl/N-ethyl adjacent to an activating group) is 2. The topological polar surface area (TPSA) is 35.6 Å². The Morgan fingerprint density at radius 3 is 2.90 bits per heavy atom. The monoisotopic (exact) mass is 373 g/mol. The van der Waals surface area contributed by atoms with Crippen LogP contribution in [0.15, 0.2) is 15.9 Å². The van der Waals surface area contributed by atoms with Crippen molar-refractivity contribution in [3.05, 3.63) is 20.8 Å². The fraction of sp³-hybridized carbons (Fsp3) is 0.667. The van der Waals surface area contributed by atoms with Gasteiger partial charge in [0, 0.05) is 24.0 Å². The van der Waals surface area contributed by atoms with Gasteiger partial charge in [-0.3, -0.25) is 9.69 Å². The number of nitrogens with one attached hydrogen (secondary N) is 1. The summed E-state index contributed by atoms with van der Waals surface area (Å²) in [5, 5.41) is 3.48. The first kappa shape index (κ1) is 16.9. The maximum Gasteiger partial charge on any atom is 0.237 e. The second-order valence-corrected chi connectivity index (χ2v) is 8.15. The Balaban J connectivity index is 1.81. The van der Waals surface area contributed by atoms with E-state index in [0.29, 0.717) is 19.1 Å². The van der Waals surface area contributed by atoms with Gasteiger partial charge in [0.25, 0.3) is 0 Å². The Morgan fingerprint density at radius 1 is 1.52 bits per heavy atom. The highest BCUT2D eigenvalue weighted by Gasteiger charge is 2.19. The van der Waals surface area contributed by atoms with E-state index in [0.717, 1.165) is 23.4 Å². The molecule has 1 N–H and O–H groups in total. The molecule has 1 aliphatic rings. The van der Waals surface area contributed by atoms with Gasteiger partial charge in [0.05, 0.1) is 16.9 Å². The Bertz CT molecular complexity index is 460. The van der Waals surface area contributed by atoms with Gasteiger partial charge in [-0.05, 0) is 61.4 Å². The van der Waals surface area contributed by atoms with Crippen molar-refractivity contribution in [3.63, 3.8) is 0 Å². The van der Waals surface area contributed by atoms with Gasteiger partial charge in [0.1, 0.15) is 0 Å². The van der Waals surface area contributed by atoms with Crippen molar-refractivity contribution in [2.45, 2.75) is 32.4 Å². The first-order valence-electron chi connectivity index (χ1n) is 7.52. The molecular weight excluding hydrogens is 350 g/mol. The van der Waals surface area contributed by atoms with E-state index in [-0.39, 0.29) is 5.91 Å². The summed E-state index contributed by atoms with van der Waals surface area (Å²) < 4.78 is 1.12. The molecule has 1 saturated heterocycles. The van der Waals surface area contributed by atoms with Crippen molar-refractivity contribution in [2.24, 2.45) is 0 Å². The standard InChI is InChI=1S/C15H24BrN3OS/c1-3-19(10-13-6-7-14(16)21-13)15(20)11-18(2)9-12-5-4-8-17-12/h6-7,12,17H,3-5,8-11H2,1-2H3. The Hall–Kier alpha value is -0.430. The van der Waals surface area contributed by atoms with Crippen molar-refractivity contribution in [3.8, 4) is 0 Å². The normalized spacial score (nSPS) is 18.4. The quantitative estimate of drug-likeness (QED) is 0.797. The Kier molecular flexibility index (Phi) is 6.67. The first-order valence-corrected chi connectivity index (χ1v) is 9.13. The van der Waals surface area contributed by atoms with Crippen LogP contribution in [-0.4, -0.2) is 55.0 Å². The van der Waals surface area contributed by atoms with Crippen molar-refractivity contribution in [1.82, 2.24) is 15.1 Å². The minimum atomic E-state index is 0.211. The van der Waals surface area contributed by atoms with Crippen LogP contribution in [0.5, 0.6) is 0 Å². The van der Waals surface area contributed by atoms with Crippen LogP contribution in [0.4, 0.5) is 0 Å². The second-order valence-electron chi connectivity index (χ2n) is 5.60. The van der Waals surface area contributed by atoms with Gasteiger partial charge >= 0.3 is 0 Å². The SMILES string of the molecule is CCN(Cc1ccc(Br)s1)C(=O)CN(C)CC1CCCN1. The van der Waals surface area contributed by atoms with Crippen LogP contribution in [0, 0.1) is 0 Å². The van der Waals surface area contributed by atoms with E-state index in [4.69, 9.17) is 0 Å². The summed E-state index contributed by atoms with van der Waals surface area (Å²) >= 11 is 5.16. The molecule has 0 aromatic carbocycles. The molecular formula is C15H24BrN3OS. The molecule has 1 aromatic rings. The second kappa shape index (κ2) is 8.27. The molecule has 21 heavy (non-hydrogen) atoms. The smallest absolute Gasteiger partial charge is 0.237 e. The average Bonchev–Trinajstić information content (AvgIpc) is 3.07. The summed E-state index contributed by atoms with van der Waals surface area (Å²) in [6, 6.07) is 4.67. The van der Waals surface area contributed by atoms with E-state index < -0.39 is 0 Å². The van der Waals surface area contributed by atoms with E-state index in [2.05, 4.69) is 32.2 Å². The lowest BCUT2D eigenvalue weighted by molar-refractivity contribution is -0.132. The van der Waals surface area contributed by atoms with Crippen LogP contribution in [0.1, 0.15) is 24.6 Å². The minimum Gasteiger partial charge on any atom is -0.337 e. The number of thiophene rings is 1. The van der Waals surface area contributed by atoms with E-state index in [9.17, 15) is 4.79 Å². The zero-order valence-corrected chi connectivity index (χ0v) is 15.2. The van der Waals surface area contributed by atoms with E-state index in [1.54, 1.807) is 11.3 Å². The largest absolute Gasteiger partial charge is 0.337 e. The fourth-order valence-electron chi connectivity index (χ4n) is 2.69. The third-order valence-electron chi connectivity index (χ3n) is 3.81. The zero-order chi connectivity index (χ0) is 15.2. The summed E-state index contributed by atoms with van der Waals surface area (Å²) in [5.41, 5.74) is 0. The molecule has 1 aliphatic heterocycles. The van der Waals surface area contributed by atoms with E-state index in [1.807, 2.05) is 24.9 Å². The molecule has 0 saturated carbocycles. The molecule has 118 valence electrons. The molecule has 1 unspecified atom stereocenters. The molecule has 1 fully saturated rings. The Labute approximate surface area is 139 Å². The number of carbonyl (C=O) groups excluding carboxylic acids is 1. The lowest BCUT2D eigenvalue weighted by atomic mass is 10.2. The highest BCUT2D eigenvalue weighted by atomic mass is 79.9. The van der Waals surface area contributed by atoms with Crippen LogP contribution >= 0.6 is 27.3 Å². The third kappa shape index (κ3) is 5.36. The number of nitrogens with zero attached hydrogens (tertiary/aromatic N) is 2. The number of halogens is 1. The summed E-state index contributed by atoms with van der Waals surface area (Å²) in [7, 11) is 2.04. The molecule has 2 rings (SSSR count). The highest BCUT2D eigenvalue weighted by molar-refractivity contribution is 9.11. The van der Waals surface area contributed by atoms with E-state index >= 15 is 0 Å². The number of carbonyl (C=O) groups is 1. The highest BCUT2D eigenvalue weighted by Crippen LogP contribution is 2.23. The van der Waals surface area contributed by atoms with Crippen molar-refractivity contribution in [1.29, 1.82) is 0 Å². The zero-order valence-electron chi connectivity index (χ0n) is 12.8. The van der Waals surface area contributed by atoms with E-state index in [1.165, 1.54) is 17.7 Å². The molecule has 0 radical (unpaired) electrons. The molecule has 6 heteroatoms. The van der Waals surface area contributed by atoms with Crippen molar-refractivity contribution in [2.75, 3.05) is 33.2 Å². The van der Waals surface area contributed by atoms with Crippen LogP contribution < -0.4 is 5.32 Å². The summed E-state index contributed by atoms with van der Waals surface area (Å²) in [6.45, 7) is 6.07. The maximum atomic E-state index is 12.4. The van der Waals surface area contributed by atoms with Crippen molar-refractivity contribution < 1.29 is 4.79 Å². The molecule has 0 aliphatic carbocycles. The van der Waals surface area contributed by atoms with Gasteiger partial charge in [-0.25, -0.2) is 0 Å². The lowest BCUT2D eigenvalue weighted by Gasteiger charge is -2.25. The Morgan fingerprint density at radius 2 is 2.33 bits per heavy atom. The maximum absolute atomic E-state index is 12.4. The van der Waals surface area contributed by atoms with Crippen LogP contribution in [-0.2, 0) is 11.3 Å². The number of rotatable bonds is 7. The summed E-state index contributed by atoms with van der Waals surface area (Å²) in [5.74, 6) is 0.211. The molecule has 0 bridgehead atoms. The lowest BCUT2D eigenvalue weighted by Crippen LogP contribution is -2.42. The molecule has 1 amide bonds. The molecule has 4 nitrogen and oxygen atoms in total. The minimum absolute atomic E-state index is 0.211. The predicted molar refractivity (Wildman–Crippen MR) is 91.6 cm³/mol. The van der Waals surface area contributed by atoms with Gasteiger partial charge in [0.2, 0.25) is 5.91 Å². The molecule has 0 spiro atoms. The molecule has 1 atom stereocenters. The molecule has 2 heterocycles. The first-order chi connectivity index (χ1) is 10.1. The van der Waals surface area contributed by atoms with Gasteiger partial charge in [0.15, 0.2) is 0 Å². The summed E-state index contributed by atoms with van der Waals surface area (Å²) in [4.78, 5) is 17.7. The number of amides is 1. The van der Waals surface area contributed by atoms with Crippen molar-refractivity contribution >= 4 is 33.2 Å². The van der Waals surface area contributed by atoms with Crippen LogP contribution in [0.3, 0.4) is 0 Å². The van der Waals surface area contributed by atoms with Gasteiger partial charge < -0.3 is 10.2 Å². The van der Waals surface area contributed by atoms with Gasteiger partial charge in [-0.15, -0.1) is 11.3 Å². The van der Waals surface area contributed by atoms with Crippen LogP contribution in [0.25, 0.3) is 0 Å². The molecule has 1 aromatic heterocycles. The third-order valence-corrected chi connectivity index (χ3v) is 5.42. The fourth-order valence-corrected chi connectivity index (χ4v) is 4.18. The average molecular weight is 374 g/mol. The van der Waals surface area contributed by atoms with Crippen LogP contribution in [0.2, 0.25) is 0 Å². The predicted octanol–water partition coefficient (Wildman–Crippen LogP) is 2.54. The van der Waals surface area contributed by atoms with Gasteiger partial charge in [-0.2, -0.15) is 0 Å².